The van der Waals surface area contributed by atoms with Crippen molar-refractivity contribution in [2.45, 2.75) is 38.3 Å². The number of nitrogens with zero attached hydrogens (tertiary/aromatic N) is 4. The van der Waals surface area contributed by atoms with E-state index < -0.39 is 6.04 Å². The summed E-state index contributed by atoms with van der Waals surface area (Å²) in [6, 6.07) is 19.7. The molecule has 9 heteroatoms. The maximum absolute atomic E-state index is 13.6. The van der Waals surface area contributed by atoms with Gasteiger partial charge < -0.3 is 21.3 Å². The van der Waals surface area contributed by atoms with E-state index in [1.807, 2.05) is 37.3 Å². The lowest BCUT2D eigenvalue weighted by molar-refractivity contribution is -0.124. The van der Waals surface area contributed by atoms with E-state index in [1.54, 1.807) is 16.8 Å². The molecule has 1 amide bonds. The Bertz CT molecular complexity index is 1580. The van der Waals surface area contributed by atoms with E-state index in [0.29, 0.717) is 31.7 Å². The Labute approximate surface area is 226 Å². The molecule has 1 atom stereocenters. The minimum Gasteiger partial charge on any atom is -0.384 e. The quantitative estimate of drug-likeness (QED) is 0.354. The molecule has 4 heterocycles. The fraction of sp³-hybridized carbons (Fsp3) is 0.267. The smallest absolute Gasteiger partial charge is 0.294 e. The molecule has 2 aromatic carbocycles. The first-order valence-electron chi connectivity index (χ1n) is 13.2. The van der Waals surface area contributed by atoms with Crippen LogP contribution in [0.1, 0.15) is 46.5 Å². The number of para-hydroxylation sites is 2. The number of anilines is 4. The van der Waals surface area contributed by atoms with Crippen LogP contribution in [0.4, 0.5) is 23.0 Å². The van der Waals surface area contributed by atoms with Crippen LogP contribution >= 0.6 is 0 Å². The molecule has 4 N–H and O–H groups in total. The molecule has 0 aliphatic carbocycles. The van der Waals surface area contributed by atoms with Gasteiger partial charge in [0.2, 0.25) is 5.91 Å². The van der Waals surface area contributed by atoms with Crippen LogP contribution in [0.15, 0.2) is 71.7 Å². The first-order chi connectivity index (χ1) is 18.9. The average Bonchev–Trinajstić information content (AvgIpc) is 3.39. The molecule has 39 heavy (non-hydrogen) atoms. The Kier molecular flexibility index (Phi) is 6.26. The van der Waals surface area contributed by atoms with Crippen LogP contribution in [0.3, 0.4) is 0 Å². The number of aryl methyl sites for hydroxylation is 2. The summed E-state index contributed by atoms with van der Waals surface area (Å²) in [5.41, 5.74) is 12.6. The maximum Gasteiger partial charge on any atom is 0.294 e. The fourth-order valence-corrected chi connectivity index (χ4v) is 5.80. The number of fused-ring (bicyclic) bond motifs is 3. The van der Waals surface area contributed by atoms with E-state index in [-0.39, 0.29) is 23.2 Å². The summed E-state index contributed by atoms with van der Waals surface area (Å²) in [7, 11) is 2.08. The Hall–Kier alpha value is -4.66. The molecule has 0 saturated carbocycles. The first-order valence-corrected chi connectivity index (χ1v) is 13.2. The summed E-state index contributed by atoms with van der Waals surface area (Å²) in [6.07, 6.45) is 2.89. The topological polar surface area (TPSA) is 118 Å². The Morgan fingerprint density at radius 3 is 2.44 bits per heavy atom. The molecule has 0 unspecified atom stereocenters. The van der Waals surface area contributed by atoms with Gasteiger partial charge in [0, 0.05) is 55.0 Å². The van der Waals surface area contributed by atoms with Gasteiger partial charge in [0.25, 0.3) is 5.56 Å². The number of hydrogen-bond acceptors (Lipinski definition) is 7. The van der Waals surface area contributed by atoms with Gasteiger partial charge in [-0.15, -0.1) is 0 Å². The van der Waals surface area contributed by atoms with Gasteiger partial charge in [0.1, 0.15) is 11.9 Å². The molecule has 0 radical (unpaired) electrons. The largest absolute Gasteiger partial charge is 0.384 e. The maximum atomic E-state index is 13.6. The highest BCUT2D eigenvalue weighted by molar-refractivity contribution is 5.81. The molecule has 2 aliphatic heterocycles. The van der Waals surface area contributed by atoms with Crippen LogP contribution < -0.4 is 26.8 Å². The lowest BCUT2D eigenvalue weighted by Gasteiger charge is -2.35. The number of amides is 1. The van der Waals surface area contributed by atoms with Crippen molar-refractivity contribution < 1.29 is 4.79 Å². The van der Waals surface area contributed by atoms with Gasteiger partial charge in [-0.1, -0.05) is 42.5 Å². The fourth-order valence-electron chi connectivity index (χ4n) is 5.80. The second-order valence-corrected chi connectivity index (χ2v) is 10.1. The van der Waals surface area contributed by atoms with E-state index in [0.717, 1.165) is 28.3 Å². The molecule has 6 rings (SSSR count). The zero-order valence-corrected chi connectivity index (χ0v) is 22.0. The monoisotopic (exact) mass is 521 g/mol. The zero-order valence-electron chi connectivity index (χ0n) is 22.0. The van der Waals surface area contributed by atoms with Gasteiger partial charge in [0.05, 0.1) is 0 Å². The molecule has 0 fully saturated rings. The lowest BCUT2D eigenvalue weighted by Crippen LogP contribution is -2.37. The minimum absolute atomic E-state index is 0.0453. The Morgan fingerprint density at radius 2 is 1.74 bits per heavy atom. The predicted molar refractivity (Wildman–Crippen MR) is 152 cm³/mol. The molecule has 198 valence electrons. The number of pyridine rings is 1. The van der Waals surface area contributed by atoms with Crippen LogP contribution in [0.25, 0.3) is 0 Å². The summed E-state index contributed by atoms with van der Waals surface area (Å²) in [6.45, 7) is 2.69. The van der Waals surface area contributed by atoms with Crippen LogP contribution in [0.2, 0.25) is 0 Å². The molecule has 2 aliphatic rings. The van der Waals surface area contributed by atoms with Crippen molar-refractivity contribution in [3.63, 3.8) is 0 Å². The van der Waals surface area contributed by atoms with Gasteiger partial charge in [-0.3, -0.25) is 14.2 Å². The molecule has 0 spiro atoms. The van der Waals surface area contributed by atoms with E-state index in [2.05, 4.69) is 56.8 Å². The van der Waals surface area contributed by atoms with E-state index in [4.69, 9.17) is 5.73 Å². The van der Waals surface area contributed by atoms with Crippen LogP contribution in [0, 0.1) is 6.92 Å². The van der Waals surface area contributed by atoms with Gasteiger partial charge in [-0.05, 0) is 54.7 Å². The molecule has 0 saturated heterocycles. The average molecular weight is 522 g/mol. The highest BCUT2D eigenvalue weighted by atomic mass is 16.2. The number of aromatic nitrogens is 3. The normalized spacial score (nSPS) is 15.8. The van der Waals surface area contributed by atoms with Gasteiger partial charge in [-0.25, -0.2) is 9.97 Å². The standard InChI is InChI=1S/C30H31N7O2/c1-18-19(11-14-27(31)35-18)15-34-29(38)26-13-12-20-16-32-28(30(39)37(20)26)33-17-23-21-7-3-5-9-24(21)36(2)25-10-6-4-8-22(23)25/h3-11,14,16,23,26H,12-13,15,17H2,1-2H3,(H2,31,35)(H,32,33)(H,34,38)/t26-/m0/s1. The van der Waals surface area contributed by atoms with Gasteiger partial charge in [-0.2, -0.15) is 0 Å². The SMILES string of the molecule is Cc1nc(N)ccc1CNC(=O)[C@@H]1CCc2cnc(NCC3c4ccccc4N(C)c4ccccc43)c(=O)n21. The van der Waals surface area contributed by atoms with Gasteiger partial charge >= 0.3 is 0 Å². The van der Waals surface area contributed by atoms with Crippen molar-refractivity contribution in [1.82, 2.24) is 19.9 Å². The number of benzene rings is 2. The third-order valence-corrected chi connectivity index (χ3v) is 7.85. The minimum atomic E-state index is -0.581. The van der Waals surface area contributed by atoms with E-state index in [9.17, 15) is 9.59 Å². The predicted octanol–water partition coefficient (Wildman–Crippen LogP) is 3.66. The molecule has 0 bridgehead atoms. The molecule has 9 nitrogen and oxygen atoms in total. The molecule has 4 aromatic rings. The van der Waals surface area contributed by atoms with Crippen molar-refractivity contribution in [3.05, 3.63) is 105 Å². The number of nitrogens with two attached hydrogens (primary N) is 1. The summed E-state index contributed by atoms with van der Waals surface area (Å²) < 4.78 is 1.59. The zero-order chi connectivity index (χ0) is 27.1. The highest BCUT2D eigenvalue weighted by Gasteiger charge is 2.32. The van der Waals surface area contributed by atoms with E-state index >= 15 is 0 Å². The third kappa shape index (κ3) is 4.39. The molecular formula is C30H31N7O2. The molecule has 2 aromatic heterocycles. The van der Waals surface area contributed by atoms with E-state index in [1.165, 1.54) is 11.1 Å². The highest BCUT2D eigenvalue weighted by Crippen LogP contribution is 2.44. The van der Waals surface area contributed by atoms with Crippen molar-refractivity contribution in [2.24, 2.45) is 0 Å². The number of rotatable bonds is 6. The number of carbonyl (C=O) groups excluding carboxylic acids is 1. The lowest BCUT2D eigenvalue weighted by atomic mass is 9.85. The van der Waals surface area contributed by atoms with Crippen LogP contribution in [-0.4, -0.2) is 34.0 Å². The summed E-state index contributed by atoms with van der Waals surface area (Å²) in [4.78, 5) is 37.7. The van der Waals surface area contributed by atoms with Crippen molar-refractivity contribution in [2.75, 3.05) is 29.5 Å². The summed E-state index contributed by atoms with van der Waals surface area (Å²) in [5.74, 6) is 0.552. The summed E-state index contributed by atoms with van der Waals surface area (Å²) in [5, 5.41) is 6.30. The van der Waals surface area contributed by atoms with Crippen LogP contribution in [-0.2, 0) is 17.8 Å². The first kappa shape index (κ1) is 24.7. The van der Waals surface area contributed by atoms with Crippen LogP contribution in [0.5, 0.6) is 0 Å². The van der Waals surface area contributed by atoms with Gasteiger partial charge in [0.15, 0.2) is 5.82 Å². The number of nitrogen functional groups attached to an aromatic ring is 1. The van der Waals surface area contributed by atoms with Crippen molar-refractivity contribution in [3.8, 4) is 0 Å². The number of hydrogen-bond donors (Lipinski definition) is 3. The third-order valence-electron chi connectivity index (χ3n) is 7.85. The second kappa shape index (κ2) is 9.90. The molecular weight excluding hydrogens is 490 g/mol. The Balaban J connectivity index is 1.23. The van der Waals surface area contributed by atoms with Crippen molar-refractivity contribution >= 4 is 28.9 Å². The second-order valence-electron chi connectivity index (χ2n) is 10.1. The Morgan fingerprint density at radius 1 is 1.05 bits per heavy atom. The number of carbonyl (C=O) groups is 1. The number of nitrogens with one attached hydrogen (secondary N) is 2. The summed E-state index contributed by atoms with van der Waals surface area (Å²) >= 11 is 0. The van der Waals surface area contributed by atoms with Crippen molar-refractivity contribution in [1.29, 1.82) is 0 Å².